The number of allylic oxidation sites excluding steroid dienone is 4. The summed E-state index contributed by atoms with van der Waals surface area (Å²) < 4.78 is 3.29. The summed E-state index contributed by atoms with van der Waals surface area (Å²) in [5.74, 6) is 2.45. The maximum atomic E-state index is 5.13. The second-order valence-corrected chi connectivity index (χ2v) is 4.67. The third-order valence-corrected chi connectivity index (χ3v) is 3.07. The molecular weight excluding hydrogens is 238 g/mol. The fourth-order valence-corrected chi connectivity index (χ4v) is 1.89. The van der Waals surface area contributed by atoms with Gasteiger partial charge in [0.15, 0.2) is 0 Å². The first kappa shape index (κ1) is 14.4. The van der Waals surface area contributed by atoms with E-state index < -0.39 is 0 Å². The van der Waals surface area contributed by atoms with Crippen molar-refractivity contribution in [3.05, 3.63) is 71.2 Å². The third kappa shape index (κ3) is 5.58. The fraction of sp³-hybridized carbons (Fsp3) is 0.125. The molecule has 1 rings (SSSR count). The van der Waals surface area contributed by atoms with Crippen LogP contribution in [-0.2, 0) is 6.54 Å². The molecule has 0 heterocycles. The van der Waals surface area contributed by atoms with Crippen LogP contribution in [0.3, 0.4) is 0 Å². The number of hydrogen-bond acceptors (Lipinski definition) is 2. The first-order chi connectivity index (χ1) is 8.76. The Morgan fingerprint density at radius 3 is 2.78 bits per heavy atom. The normalized spacial score (nSPS) is 11.4. The van der Waals surface area contributed by atoms with E-state index in [9.17, 15) is 0 Å². The van der Waals surface area contributed by atoms with Crippen LogP contribution >= 0.6 is 11.9 Å². The Morgan fingerprint density at radius 1 is 1.44 bits per heavy atom. The van der Waals surface area contributed by atoms with Crippen molar-refractivity contribution >= 4 is 11.9 Å². The van der Waals surface area contributed by atoms with Gasteiger partial charge in [-0.05, 0) is 36.6 Å². The Morgan fingerprint density at radius 2 is 2.17 bits per heavy atom. The topological polar surface area (TPSA) is 12.0 Å². The average molecular weight is 255 g/mol. The molecule has 0 unspecified atom stereocenters. The van der Waals surface area contributed by atoms with Gasteiger partial charge >= 0.3 is 0 Å². The minimum atomic E-state index is 0.814. The van der Waals surface area contributed by atoms with Gasteiger partial charge in [0.1, 0.15) is 0 Å². The van der Waals surface area contributed by atoms with Crippen LogP contribution in [0.25, 0.3) is 0 Å². The third-order valence-electron chi connectivity index (χ3n) is 2.24. The number of benzene rings is 1. The lowest BCUT2D eigenvalue weighted by Gasteiger charge is -2.04. The first-order valence-electron chi connectivity index (χ1n) is 5.67. The molecule has 0 aliphatic rings. The summed E-state index contributed by atoms with van der Waals surface area (Å²) >= 11 is 1.54. The van der Waals surface area contributed by atoms with Gasteiger partial charge in [0, 0.05) is 11.4 Å². The summed E-state index contributed by atoms with van der Waals surface area (Å²) in [6.07, 6.45) is 12.3. The zero-order valence-corrected chi connectivity index (χ0v) is 11.3. The molecule has 92 valence electrons. The predicted octanol–water partition coefficient (Wildman–Crippen LogP) is 3.99. The summed E-state index contributed by atoms with van der Waals surface area (Å²) in [6, 6.07) is 8.47. The van der Waals surface area contributed by atoms with Gasteiger partial charge in [-0.2, -0.15) is 0 Å². The van der Waals surface area contributed by atoms with Gasteiger partial charge in [0.25, 0.3) is 0 Å². The largest absolute Gasteiger partial charge is 0.255 e. The summed E-state index contributed by atoms with van der Waals surface area (Å²) in [7, 11) is 0. The number of rotatable bonds is 6. The molecule has 0 saturated carbocycles. The summed E-state index contributed by atoms with van der Waals surface area (Å²) in [5, 5.41) is 0. The minimum absolute atomic E-state index is 0.814. The van der Waals surface area contributed by atoms with Crippen LogP contribution in [0.15, 0.2) is 60.1 Å². The molecule has 0 aliphatic carbocycles. The highest BCUT2D eigenvalue weighted by Crippen LogP contribution is 2.14. The van der Waals surface area contributed by atoms with E-state index in [2.05, 4.69) is 48.4 Å². The minimum Gasteiger partial charge on any atom is -0.255 e. The van der Waals surface area contributed by atoms with Crippen LogP contribution in [0, 0.1) is 19.3 Å². The number of nitrogens with one attached hydrogen (secondary N) is 1. The van der Waals surface area contributed by atoms with Crippen LogP contribution in [0.5, 0.6) is 0 Å². The smallest absolute Gasteiger partial charge is 0.0313 e. The number of hydrogen-bond donors (Lipinski definition) is 1. The Hall–Kier alpha value is -1.69. The van der Waals surface area contributed by atoms with E-state index in [0.717, 1.165) is 11.4 Å². The second kappa shape index (κ2) is 8.41. The molecule has 0 fully saturated rings. The quantitative estimate of drug-likeness (QED) is 0.468. The van der Waals surface area contributed by atoms with Crippen molar-refractivity contribution in [2.24, 2.45) is 0 Å². The lowest BCUT2D eigenvalue weighted by molar-refractivity contribution is 0.979. The van der Waals surface area contributed by atoms with Gasteiger partial charge in [-0.1, -0.05) is 54.5 Å². The number of aryl methyl sites for hydroxylation is 1. The van der Waals surface area contributed by atoms with Gasteiger partial charge in [0.05, 0.1) is 0 Å². The van der Waals surface area contributed by atoms with Gasteiger partial charge < -0.3 is 0 Å². The van der Waals surface area contributed by atoms with Crippen molar-refractivity contribution in [1.29, 1.82) is 0 Å². The van der Waals surface area contributed by atoms with Crippen LogP contribution < -0.4 is 4.72 Å². The molecule has 0 aliphatic heterocycles. The first-order valence-corrected chi connectivity index (χ1v) is 6.48. The molecule has 2 heteroatoms. The van der Waals surface area contributed by atoms with Crippen molar-refractivity contribution in [1.82, 2.24) is 4.72 Å². The lowest BCUT2D eigenvalue weighted by Crippen LogP contribution is -2.02. The van der Waals surface area contributed by atoms with Crippen LogP contribution in [-0.4, -0.2) is 0 Å². The lowest BCUT2D eigenvalue weighted by atomic mass is 10.2. The van der Waals surface area contributed by atoms with Gasteiger partial charge in [-0.15, -0.1) is 6.42 Å². The Labute approximate surface area is 114 Å². The molecule has 1 aromatic rings. The SMILES string of the molecule is C#C/C=C/C=C(\C=C)SNCc1ccc(C)cc1. The maximum Gasteiger partial charge on any atom is 0.0313 e. The highest BCUT2D eigenvalue weighted by Gasteiger charge is 1.94. The van der Waals surface area contributed by atoms with Crippen molar-refractivity contribution in [3.63, 3.8) is 0 Å². The van der Waals surface area contributed by atoms with Crippen LogP contribution in [0.2, 0.25) is 0 Å². The van der Waals surface area contributed by atoms with E-state index in [1.165, 1.54) is 11.1 Å². The monoisotopic (exact) mass is 255 g/mol. The molecule has 0 spiro atoms. The van der Waals surface area contributed by atoms with E-state index in [-0.39, 0.29) is 0 Å². The Bertz CT molecular complexity index is 475. The van der Waals surface area contributed by atoms with Crippen molar-refractivity contribution in [2.45, 2.75) is 13.5 Å². The van der Waals surface area contributed by atoms with E-state index in [1.807, 2.05) is 12.2 Å². The van der Waals surface area contributed by atoms with Crippen molar-refractivity contribution in [3.8, 4) is 12.3 Å². The average Bonchev–Trinajstić information content (AvgIpc) is 2.39. The van der Waals surface area contributed by atoms with Gasteiger partial charge in [-0.25, -0.2) is 0 Å². The zero-order valence-electron chi connectivity index (χ0n) is 10.5. The van der Waals surface area contributed by atoms with Crippen molar-refractivity contribution in [2.75, 3.05) is 0 Å². The standard InChI is InChI=1S/C16H17NS/c1-4-6-7-8-16(5-2)18-17-13-15-11-9-14(3)10-12-15/h1,5-12,17H,2,13H2,3H3/b7-6+,16-8+. The molecule has 0 aromatic heterocycles. The molecule has 0 amide bonds. The highest BCUT2D eigenvalue weighted by atomic mass is 32.2. The van der Waals surface area contributed by atoms with E-state index >= 15 is 0 Å². The Kier molecular flexibility index (Phi) is 6.71. The van der Waals surface area contributed by atoms with Gasteiger partial charge in [-0.3, -0.25) is 4.72 Å². The van der Waals surface area contributed by atoms with Gasteiger partial charge in [0.2, 0.25) is 0 Å². The predicted molar refractivity (Wildman–Crippen MR) is 81.9 cm³/mol. The molecule has 0 saturated heterocycles. The van der Waals surface area contributed by atoms with E-state index in [1.54, 1.807) is 24.1 Å². The fourth-order valence-electron chi connectivity index (χ4n) is 1.25. The summed E-state index contributed by atoms with van der Waals surface area (Å²) in [4.78, 5) is 1.04. The van der Waals surface area contributed by atoms with Crippen LogP contribution in [0.4, 0.5) is 0 Å². The van der Waals surface area contributed by atoms with Crippen molar-refractivity contribution < 1.29 is 0 Å². The van der Waals surface area contributed by atoms with E-state index in [4.69, 9.17) is 6.42 Å². The maximum absolute atomic E-state index is 5.13. The highest BCUT2D eigenvalue weighted by molar-refractivity contribution is 8.01. The molecule has 0 bridgehead atoms. The molecule has 1 N–H and O–H groups in total. The van der Waals surface area contributed by atoms with Crippen LogP contribution in [0.1, 0.15) is 11.1 Å². The molecular formula is C16H17NS. The summed E-state index contributed by atoms with van der Waals surface area (Å²) in [6.45, 7) is 6.66. The summed E-state index contributed by atoms with van der Waals surface area (Å²) in [5.41, 5.74) is 2.54. The second-order valence-electron chi connectivity index (χ2n) is 3.71. The number of terminal acetylenes is 1. The Balaban J connectivity index is 2.42. The molecule has 18 heavy (non-hydrogen) atoms. The molecule has 0 atom stereocenters. The van der Waals surface area contributed by atoms with E-state index in [0.29, 0.717) is 0 Å². The molecule has 1 aromatic carbocycles. The molecule has 1 nitrogen and oxygen atoms in total. The molecule has 0 radical (unpaired) electrons. The zero-order chi connectivity index (χ0) is 13.2.